The highest BCUT2D eigenvalue weighted by Gasteiger charge is 2.39. The third-order valence-corrected chi connectivity index (χ3v) is 8.06. The Hall–Kier alpha value is -3.25. The van der Waals surface area contributed by atoms with Gasteiger partial charge in [-0.3, -0.25) is 4.79 Å². The fraction of sp³-hybridized carbons (Fsp3) is 0.594. The van der Waals surface area contributed by atoms with Crippen molar-refractivity contribution >= 4 is 21.9 Å². The van der Waals surface area contributed by atoms with Gasteiger partial charge in [0.2, 0.25) is 5.43 Å². The van der Waals surface area contributed by atoms with Crippen molar-refractivity contribution in [2.75, 3.05) is 19.8 Å². The number of aliphatic hydroxyl groups excluding tert-OH is 8. The maximum Gasteiger partial charge on any atom is 0.204 e. The van der Waals surface area contributed by atoms with Crippen LogP contribution in [0.5, 0.6) is 23.0 Å². The first-order valence-electron chi connectivity index (χ1n) is 15.5. The van der Waals surface area contributed by atoms with Gasteiger partial charge in [0.25, 0.3) is 0 Å². The van der Waals surface area contributed by atoms with Crippen molar-refractivity contribution in [1.29, 1.82) is 0 Å². The molecular formula is C32H48O15. The number of rotatable bonds is 4. The van der Waals surface area contributed by atoms with Gasteiger partial charge in [-0.1, -0.05) is 20.8 Å². The summed E-state index contributed by atoms with van der Waals surface area (Å²) in [5.74, 6) is -3.21. The van der Waals surface area contributed by atoms with Crippen molar-refractivity contribution in [2.45, 2.75) is 95.6 Å². The van der Waals surface area contributed by atoms with E-state index in [-0.39, 0.29) is 72.0 Å². The Kier molecular flexibility index (Phi) is 15.1. The van der Waals surface area contributed by atoms with Crippen LogP contribution in [0.3, 0.4) is 0 Å². The molecule has 0 radical (unpaired) electrons. The van der Waals surface area contributed by atoms with Gasteiger partial charge >= 0.3 is 0 Å². The standard InChI is InChI=1S/C20H20O9.C6H12O5.C4H10O.C2H6/c21-6-8-1-7(2-13(25)18(8)26)16-12(24)5-15-17(20(16)28)19(27)9-3-10(22)11(23)4-14(9)29-15;7-1-4-6(10)5(9)3(8)2-11-4;1-3-4(2)5;1-2/h3-5,7-8,13,18,21-26,28H,1-2,6H2;3-10H,1-2H2;4-5H,3H2,1-2H3;1-2H3/t7?,8?,13?,18-;3?,4-,5-,6?;;/m11../s1. The molecule has 6 unspecified atom stereocenters. The van der Waals surface area contributed by atoms with E-state index in [4.69, 9.17) is 34.7 Å². The zero-order chi connectivity index (χ0) is 35.7. The third kappa shape index (κ3) is 9.22. The molecule has 0 bridgehead atoms. The third-order valence-electron chi connectivity index (χ3n) is 8.06. The van der Waals surface area contributed by atoms with E-state index in [0.717, 1.165) is 24.6 Å². The van der Waals surface area contributed by atoms with Crippen molar-refractivity contribution < 1.29 is 70.4 Å². The topological polar surface area (TPSA) is 282 Å². The number of aromatic hydroxyl groups is 4. The maximum atomic E-state index is 12.9. The minimum absolute atomic E-state index is 0.0107. The molecule has 12 N–H and O–H groups in total. The van der Waals surface area contributed by atoms with Gasteiger partial charge in [0.05, 0.1) is 36.9 Å². The van der Waals surface area contributed by atoms with E-state index in [2.05, 4.69) is 0 Å². The summed E-state index contributed by atoms with van der Waals surface area (Å²) in [7, 11) is 0. The lowest BCUT2D eigenvalue weighted by Crippen LogP contribution is -2.53. The summed E-state index contributed by atoms with van der Waals surface area (Å²) in [6.07, 6.45) is -5.65. The minimum atomic E-state index is -1.22. The number of benzene rings is 2. The summed E-state index contributed by atoms with van der Waals surface area (Å²) in [6, 6.07) is 3.23. The Morgan fingerprint density at radius 1 is 0.809 bits per heavy atom. The molecule has 15 heteroatoms. The molecule has 15 nitrogen and oxygen atoms in total. The van der Waals surface area contributed by atoms with Crippen LogP contribution in [-0.4, -0.2) is 124 Å². The Morgan fingerprint density at radius 2 is 1.38 bits per heavy atom. The summed E-state index contributed by atoms with van der Waals surface area (Å²) < 4.78 is 10.3. The normalized spacial score (nSPS) is 27.8. The maximum absolute atomic E-state index is 12.9. The van der Waals surface area contributed by atoms with Gasteiger partial charge in [0.15, 0.2) is 11.5 Å². The molecule has 3 aromatic rings. The fourth-order valence-electron chi connectivity index (χ4n) is 5.21. The molecule has 1 aromatic heterocycles. The Labute approximate surface area is 270 Å². The highest BCUT2D eigenvalue weighted by molar-refractivity contribution is 5.96. The van der Waals surface area contributed by atoms with E-state index >= 15 is 0 Å². The lowest BCUT2D eigenvalue weighted by Gasteiger charge is -2.36. The summed E-state index contributed by atoms with van der Waals surface area (Å²) >= 11 is 0. The van der Waals surface area contributed by atoms with Gasteiger partial charge in [-0.2, -0.15) is 0 Å². The van der Waals surface area contributed by atoms with Crippen molar-refractivity contribution in [1.82, 2.24) is 0 Å². The second kappa shape index (κ2) is 17.8. The summed E-state index contributed by atoms with van der Waals surface area (Å²) in [6.45, 7) is 6.93. The summed E-state index contributed by atoms with van der Waals surface area (Å²) in [5, 5.41) is 114. The van der Waals surface area contributed by atoms with E-state index in [1.54, 1.807) is 6.92 Å². The molecular weight excluding hydrogens is 624 g/mol. The molecule has 5 rings (SSSR count). The molecule has 1 saturated heterocycles. The van der Waals surface area contributed by atoms with Crippen LogP contribution >= 0.6 is 0 Å². The number of hydrogen-bond donors (Lipinski definition) is 12. The lowest BCUT2D eigenvalue weighted by molar-refractivity contribution is -0.195. The highest BCUT2D eigenvalue weighted by Crippen LogP contribution is 2.46. The molecule has 2 heterocycles. The molecule has 1 aliphatic heterocycles. The minimum Gasteiger partial charge on any atom is -0.507 e. The van der Waals surface area contributed by atoms with Crippen molar-refractivity contribution in [3.05, 3.63) is 34.0 Å². The van der Waals surface area contributed by atoms with Gasteiger partial charge in [-0.05, 0) is 38.2 Å². The van der Waals surface area contributed by atoms with Gasteiger partial charge in [0.1, 0.15) is 52.5 Å². The number of fused-ring (bicyclic) bond motifs is 2. The number of phenols is 4. The molecule has 2 fully saturated rings. The quantitative estimate of drug-likeness (QED) is 0.131. The van der Waals surface area contributed by atoms with Crippen LogP contribution in [0.1, 0.15) is 58.4 Å². The van der Waals surface area contributed by atoms with Gasteiger partial charge in [-0.25, -0.2) is 0 Å². The first-order chi connectivity index (χ1) is 22.2. The van der Waals surface area contributed by atoms with E-state index < -0.39 is 71.1 Å². The molecule has 266 valence electrons. The van der Waals surface area contributed by atoms with Crippen LogP contribution in [0.25, 0.3) is 21.9 Å². The van der Waals surface area contributed by atoms with Crippen molar-refractivity contribution in [3.63, 3.8) is 0 Å². The zero-order valence-electron chi connectivity index (χ0n) is 26.8. The predicted octanol–water partition coefficient (Wildman–Crippen LogP) is 0.240. The van der Waals surface area contributed by atoms with Crippen LogP contribution < -0.4 is 5.43 Å². The second-order valence-electron chi connectivity index (χ2n) is 11.3. The van der Waals surface area contributed by atoms with Crippen molar-refractivity contribution in [3.8, 4) is 23.0 Å². The van der Waals surface area contributed by atoms with Crippen LogP contribution in [0.2, 0.25) is 0 Å². The SMILES string of the molecule is CC.CCC(C)O.O=c1c2cc(O)c(O)cc2oc2cc(O)c(C3CC(O)[C@H](O)C(CO)C3)c(O)c12.OC[C@H]1OCC(O)[C@@H](O)C1O. The first-order valence-corrected chi connectivity index (χ1v) is 15.5. The van der Waals surface area contributed by atoms with Gasteiger partial charge in [-0.15, -0.1) is 0 Å². The van der Waals surface area contributed by atoms with Gasteiger partial charge in [0, 0.05) is 30.2 Å². The van der Waals surface area contributed by atoms with Crippen LogP contribution in [-0.2, 0) is 4.74 Å². The second-order valence-corrected chi connectivity index (χ2v) is 11.3. The molecule has 1 saturated carbocycles. The predicted molar refractivity (Wildman–Crippen MR) is 169 cm³/mol. The first kappa shape index (κ1) is 39.9. The molecule has 0 spiro atoms. The number of ether oxygens (including phenoxy) is 1. The zero-order valence-corrected chi connectivity index (χ0v) is 26.8. The Morgan fingerprint density at radius 3 is 1.94 bits per heavy atom. The summed E-state index contributed by atoms with van der Waals surface area (Å²) in [4.78, 5) is 12.9. The average Bonchev–Trinajstić information content (AvgIpc) is 3.04. The van der Waals surface area contributed by atoms with E-state index in [1.165, 1.54) is 0 Å². The molecule has 9 atom stereocenters. The van der Waals surface area contributed by atoms with Crippen LogP contribution in [0.4, 0.5) is 0 Å². The Bertz CT molecular complexity index is 1490. The van der Waals surface area contributed by atoms with E-state index in [0.29, 0.717) is 0 Å². The van der Waals surface area contributed by atoms with Crippen LogP contribution in [0.15, 0.2) is 27.4 Å². The lowest BCUT2D eigenvalue weighted by atomic mass is 9.74. The van der Waals surface area contributed by atoms with Gasteiger partial charge < -0.3 is 70.4 Å². The average molecular weight is 673 g/mol. The fourth-order valence-corrected chi connectivity index (χ4v) is 5.21. The van der Waals surface area contributed by atoms with Crippen molar-refractivity contribution in [2.24, 2.45) is 5.92 Å². The van der Waals surface area contributed by atoms with E-state index in [9.17, 15) is 40.5 Å². The highest BCUT2D eigenvalue weighted by atomic mass is 16.5. The van der Waals surface area contributed by atoms with Crippen LogP contribution in [0, 0.1) is 5.92 Å². The number of hydrogen-bond acceptors (Lipinski definition) is 15. The molecule has 0 amide bonds. The number of phenolic OH excluding ortho intramolecular Hbond substituents is 4. The molecule has 1 aliphatic carbocycles. The molecule has 47 heavy (non-hydrogen) atoms. The number of aliphatic hydroxyl groups is 8. The Balaban J connectivity index is 0.000000352. The van der Waals surface area contributed by atoms with E-state index in [1.807, 2.05) is 20.8 Å². The largest absolute Gasteiger partial charge is 0.507 e. The summed E-state index contributed by atoms with van der Waals surface area (Å²) in [5.41, 5.74) is -0.829. The smallest absolute Gasteiger partial charge is 0.204 e. The molecule has 2 aromatic carbocycles. The molecule has 2 aliphatic rings. The monoisotopic (exact) mass is 672 g/mol.